The van der Waals surface area contributed by atoms with Crippen LogP contribution >= 0.6 is 0 Å². The van der Waals surface area contributed by atoms with Gasteiger partial charge in [0.05, 0.1) is 12.5 Å². The Bertz CT molecular complexity index is 306. The molecule has 4 N–H and O–H groups in total. The number of amides is 2. The normalized spacial score (nSPS) is 13.6. The number of carboxylic acids is 1. The van der Waals surface area contributed by atoms with Crippen LogP contribution in [-0.4, -0.2) is 53.5 Å². The summed E-state index contributed by atoms with van der Waals surface area (Å²) >= 11 is 0. The second-order valence-corrected chi connectivity index (χ2v) is 3.79. The fraction of sp³-hybridized carbons (Fsp3) is 0.700. The maximum atomic E-state index is 11.6. The molecule has 0 aliphatic heterocycles. The monoisotopic (exact) mass is 245 g/mol. The van der Waals surface area contributed by atoms with Gasteiger partial charge in [-0.25, -0.2) is 0 Å². The molecular weight excluding hydrogens is 226 g/mol. The molecule has 0 aromatic heterocycles. The summed E-state index contributed by atoms with van der Waals surface area (Å²) in [6, 6.07) is -1.86. The molecule has 0 bridgehead atoms. The zero-order valence-corrected chi connectivity index (χ0v) is 10.3. The largest absolute Gasteiger partial charge is 0.481 e. The number of hydrogen-bond donors (Lipinski definition) is 3. The van der Waals surface area contributed by atoms with Gasteiger partial charge in [-0.2, -0.15) is 0 Å². The van der Waals surface area contributed by atoms with Crippen LogP contribution < -0.4 is 11.1 Å². The Morgan fingerprint density at radius 3 is 2.35 bits per heavy atom. The third-order valence-electron chi connectivity index (χ3n) is 2.31. The van der Waals surface area contributed by atoms with E-state index in [1.54, 1.807) is 7.05 Å². The zero-order chi connectivity index (χ0) is 13.6. The van der Waals surface area contributed by atoms with Crippen LogP contribution in [0.5, 0.6) is 0 Å². The highest BCUT2D eigenvalue weighted by atomic mass is 16.4. The van der Waals surface area contributed by atoms with Gasteiger partial charge in [-0.1, -0.05) is 0 Å². The van der Waals surface area contributed by atoms with E-state index >= 15 is 0 Å². The number of nitrogens with one attached hydrogen (secondary N) is 1. The van der Waals surface area contributed by atoms with E-state index in [1.807, 2.05) is 6.92 Å². The molecule has 98 valence electrons. The van der Waals surface area contributed by atoms with Crippen LogP contribution in [-0.2, 0) is 14.4 Å². The molecule has 2 unspecified atom stereocenters. The Balaban J connectivity index is 4.29. The Morgan fingerprint density at radius 1 is 1.41 bits per heavy atom. The Labute approximate surface area is 100.0 Å². The number of carbonyl (C=O) groups excluding carboxylic acids is 2. The summed E-state index contributed by atoms with van der Waals surface area (Å²) in [5.74, 6) is -2.04. The van der Waals surface area contributed by atoms with E-state index < -0.39 is 30.4 Å². The van der Waals surface area contributed by atoms with Crippen molar-refractivity contribution in [3.05, 3.63) is 0 Å². The summed E-state index contributed by atoms with van der Waals surface area (Å²) in [4.78, 5) is 34.8. The molecule has 0 aliphatic carbocycles. The van der Waals surface area contributed by atoms with Crippen molar-refractivity contribution in [2.75, 3.05) is 13.6 Å². The molecule has 0 aromatic carbocycles. The van der Waals surface area contributed by atoms with Gasteiger partial charge in [-0.05, 0) is 13.8 Å². The van der Waals surface area contributed by atoms with Crippen molar-refractivity contribution < 1.29 is 19.5 Å². The van der Waals surface area contributed by atoms with Crippen molar-refractivity contribution in [3.63, 3.8) is 0 Å². The minimum Gasteiger partial charge on any atom is -0.481 e. The first-order valence-corrected chi connectivity index (χ1v) is 5.32. The van der Waals surface area contributed by atoms with E-state index in [2.05, 4.69) is 5.32 Å². The summed E-state index contributed by atoms with van der Waals surface area (Å²) in [7, 11) is 1.61. The number of nitrogens with zero attached hydrogens (tertiary/aromatic N) is 1. The first kappa shape index (κ1) is 15.4. The van der Waals surface area contributed by atoms with Gasteiger partial charge in [0, 0.05) is 13.6 Å². The number of rotatable bonds is 6. The number of carboxylic acid groups (broad SMARTS) is 1. The van der Waals surface area contributed by atoms with Crippen LogP contribution in [0.3, 0.4) is 0 Å². The van der Waals surface area contributed by atoms with Crippen molar-refractivity contribution in [3.8, 4) is 0 Å². The SMILES string of the molecule is CCN(C)C(=O)C(C)NC(=O)C(N)CC(=O)O. The fourth-order valence-corrected chi connectivity index (χ4v) is 1.15. The molecule has 0 saturated carbocycles. The van der Waals surface area contributed by atoms with E-state index in [0.717, 1.165) is 0 Å². The third-order valence-corrected chi connectivity index (χ3v) is 2.31. The Hall–Kier alpha value is -1.63. The molecule has 0 rings (SSSR count). The van der Waals surface area contributed by atoms with E-state index in [0.29, 0.717) is 6.54 Å². The summed E-state index contributed by atoms with van der Waals surface area (Å²) in [5, 5.41) is 10.8. The van der Waals surface area contributed by atoms with Crippen LogP contribution in [0.25, 0.3) is 0 Å². The van der Waals surface area contributed by atoms with Crippen LogP contribution in [0.1, 0.15) is 20.3 Å². The summed E-state index contributed by atoms with van der Waals surface area (Å²) in [6.07, 6.45) is -0.462. The van der Waals surface area contributed by atoms with Crippen molar-refractivity contribution >= 4 is 17.8 Å². The number of likely N-dealkylation sites (N-methyl/N-ethyl adjacent to an activating group) is 1. The fourth-order valence-electron chi connectivity index (χ4n) is 1.15. The number of carbonyl (C=O) groups is 3. The molecule has 7 heteroatoms. The summed E-state index contributed by atoms with van der Waals surface area (Å²) < 4.78 is 0. The smallest absolute Gasteiger partial charge is 0.305 e. The third kappa shape index (κ3) is 5.30. The molecule has 2 atom stereocenters. The van der Waals surface area contributed by atoms with Crippen molar-refractivity contribution in [1.82, 2.24) is 10.2 Å². The van der Waals surface area contributed by atoms with E-state index in [4.69, 9.17) is 10.8 Å². The van der Waals surface area contributed by atoms with E-state index in [9.17, 15) is 14.4 Å². The lowest BCUT2D eigenvalue weighted by Crippen LogP contribution is -2.51. The summed E-state index contributed by atoms with van der Waals surface area (Å²) in [6.45, 7) is 3.86. The second-order valence-electron chi connectivity index (χ2n) is 3.79. The molecule has 17 heavy (non-hydrogen) atoms. The maximum absolute atomic E-state index is 11.6. The van der Waals surface area contributed by atoms with Gasteiger partial charge in [-0.15, -0.1) is 0 Å². The Kier molecular flexibility index (Phi) is 6.19. The molecule has 0 radical (unpaired) electrons. The van der Waals surface area contributed by atoms with Crippen LogP contribution in [0, 0.1) is 0 Å². The molecule has 2 amide bonds. The predicted molar refractivity (Wildman–Crippen MR) is 61.1 cm³/mol. The van der Waals surface area contributed by atoms with Crippen molar-refractivity contribution in [2.24, 2.45) is 5.73 Å². The van der Waals surface area contributed by atoms with E-state index in [1.165, 1.54) is 11.8 Å². The van der Waals surface area contributed by atoms with Crippen molar-refractivity contribution in [2.45, 2.75) is 32.4 Å². The minimum absolute atomic E-state index is 0.247. The second kappa shape index (κ2) is 6.85. The topological polar surface area (TPSA) is 113 Å². The Morgan fingerprint density at radius 2 is 1.94 bits per heavy atom. The highest BCUT2D eigenvalue weighted by Crippen LogP contribution is 1.94. The van der Waals surface area contributed by atoms with Crippen LogP contribution in [0.2, 0.25) is 0 Å². The lowest BCUT2D eigenvalue weighted by molar-refractivity contribution is -0.140. The highest BCUT2D eigenvalue weighted by molar-refractivity contribution is 5.91. The molecule has 7 nitrogen and oxygen atoms in total. The number of nitrogens with two attached hydrogens (primary N) is 1. The highest BCUT2D eigenvalue weighted by Gasteiger charge is 2.23. The van der Waals surface area contributed by atoms with Gasteiger partial charge >= 0.3 is 5.97 Å². The lowest BCUT2D eigenvalue weighted by atomic mass is 10.2. The van der Waals surface area contributed by atoms with Crippen LogP contribution in [0.4, 0.5) is 0 Å². The first-order chi connectivity index (χ1) is 7.79. The van der Waals surface area contributed by atoms with Gasteiger partial charge in [0.25, 0.3) is 0 Å². The average molecular weight is 245 g/mol. The van der Waals surface area contributed by atoms with Crippen molar-refractivity contribution in [1.29, 1.82) is 0 Å². The van der Waals surface area contributed by atoms with E-state index in [-0.39, 0.29) is 5.91 Å². The van der Waals surface area contributed by atoms with Crippen LogP contribution in [0.15, 0.2) is 0 Å². The van der Waals surface area contributed by atoms with Gasteiger partial charge in [0.1, 0.15) is 6.04 Å². The number of hydrogen-bond acceptors (Lipinski definition) is 4. The molecule has 0 saturated heterocycles. The van der Waals surface area contributed by atoms with Gasteiger partial charge in [-0.3, -0.25) is 14.4 Å². The van der Waals surface area contributed by atoms with Gasteiger partial charge < -0.3 is 21.1 Å². The zero-order valence-electron chi connectivity index (χ0n) is 10.3. The lowest BCUT2D eigenvalue weighted by Gasteiger charge is -2.21. The quantitative estimate of drug-likeness (QED) is 0.542. The molecule has 0 heterocycles. The minimum atomic E-state index is -1.16. The standard InChI is InChI=1S/C10H19N3O4/c1-4-13(3)10(17)6(2)12-9(16)7(11)5-8(14)15/h6-7H,4-5,11H2,1-3H3,(H,12,16)(H,14,15). The molecule has 0 aliphatic rings. The maximum Gasteiger partial charge on any atom is 0.305 e. The molecule has 0 aromatic rings. The average Bonchev–Trinajstić information content (AvgIpc) is 2.25. The molecular formula is C10H19N3O4. The molecule has 0 fully saturated rings. The molecule has 0 spiro atoms. The summed E-state index contributed by atoms with van der Waals surface area (Å²) in [5.41, 5.74) is 5.36. The number of aliphatic carboxylic acids is 1. The van der Waals surface area contributed by atoms with Gasteiger partial charge in [0.2, 0.25) is 11.8 Å². The predicted octanol–water partition coefficient (Wildman–Crippen LogP) is -1.23. The first-order valence-electron chi connectivity index (χ1n) is 5.32. The van der Waals surface area contributed by atoms with Gasteiger partial charge in [0.15, 0.2) is 0 Å².